The van der Waals surface area contributed by atoms with Gasteiger partial charge in [-0.25, -0.2) is 9.18 Å². The summed E-state index contributed by atoms with van der Waals surface area (Å²) in [7, 11) is 1.19. The van der Waals surface area contributed by atoms with Crippen molar-refractivity contribution in [2.45, 2.75) is 25.3 Å². The zero-order chi connectivity index (χ0) is 24.7. The Kier molecular flexibility index (Phi) is 7.99. The van der Waals surface area contributed by atoms with Gasteiger partial charge in [-0.2, -0.15) is 13.2 Å². The summed E-state index contributed by atoms with van der Waals surface area (Å²) in [5.74, 6) is 0.0138. The van der Waals surface area contributed by atoms with E-state index < -0.39 is 23.8 Å². The van der Waals surface area contributed by atoms with E-state index in [0.717, 1.165) is 24.3 Å². The van der Waals surface area contributed by atoms with Gasteiger partial charge in [-0.3, -0.25) is 0 Å². The Morgan fingerprint density at radius 1 is 0.824 bits per heavy atom. The zero-order valence-corrected chi connectivity index (χ0v) is 18.3. The third-order valence-electron chi connectivity index (χ3n) is 4.67. The summed E-state index contributed by atoms with van der Waals surface area (Å²) in [4.78, 5) is 12.2. The molecule has 2 atom stereocenters. The molecular formula is C25H22F4O5. The lowest BCUT2D eigenvalue weighted by atomic mass is 10.1. The SMILES string of the molecule is COC(=O)C(Oc1ccc(C(F)(F)F)cc1)c1ccc(OCC(C)Oc2ccc(F)cc2)cc1. The maximum absolute atomic E-state index is 13.0. The zero-order valence-electron chi connectivity index (χ0n) is 18.3. The van der Waals surface area contributed by atoms with Crippen LogP contribution in [0.4, 0.5) is 17.6 Å². The van der Waals surface area contributed by atoms with Gasteiger partial charge in [0.2, 0.25) is 6.10 Å². The number of carbonyl (C=O) groups is 1. The van der Waals surface area contributed by atoms with Crippen molar-refractivity contribution in [3.05, 3.63) is 89.7 Å². The standard InChI is InChI=1S/C25H22F4O5/c1-16(33-21-13-7-19(26)8-14-21)15-32-20-9-3-17(4-10-20)23(24(30)31-2)34-22-11-5-18(6-12-22)25(27,28)29/h3-14,16,23H,15H2,1-2H3. The van der Waals surface area contributed by atoms with Crippen LogP contribution in [0.1, 0.15) is 24.2 Å². The number of hydrogen-bond acceptors (Lipinski definition) is 5. The Hall–Kier alpha value is -3.75. The topological polar surface area (TPSA) is 54.0 Å². The van der Waals surface area contributed by atoms with E-state index in [1.807, 2.05) is 0 Å². The number of rotatable bonds is 9. The largest absolute Gasteiger partial charge is 0.490 e. The van der Waals surface area contributed by atoms with E-state index in [1.54, 1.807) is 31.2 Å². The normalized spacial score (nSPS) is 13.0. The molecule has 5 nitrogen and oxygen atoms in total. The first-order valence-electron chi connectivity index (χ1n) is 10.2. The molecule has 2 unspecified atom stereocenters. The lowest BCUT2D eigenvalue weighted by molar-refractivity contribution is -0.149. The van der Waals surface area contributed by atoms with Gasteiger partial charge in [0, 0.05) is 5.56 Å². The molecule has 0 radical (unpaired) electrons. The van der Waals surface area contributed by atoms with Crippen molar-refractivity contribution in [1.82, 2.24) is 0 Å². The summed E-state index contributed by atoms with van der Waals surface area (Å²) in [6, 6.07) is 16.1. The van der Waals surface area contributed by atoms with Crippen LogP contribution in [0.25, 0.3) is 0 Å². The van der Waals surface area contributed by atoms with Crippen LogP contribution in [0.5, 0.6) is 17.2 Å². The second-order valence-corrected chi connectivity index (χ2v) is 7.31. The van der Waals surface area contributed by atoms with E-state index >= 15 is 0 Å². The molecule has 180 valence electrons. The first-order chi connectivity index (χ1) is 16.2. The van der Waals surface area contributed by atoms with Gasteiger partial charge in [-0.1, -0.05) is 12.1 Å². The van der Waals surface area contributed by atoms with Crippen molar-refractivity contribution >= 4 is 5.97 Å². The number of benzene rings is 3. The molecule has 0 aliphatic heterocycles. The minimum absolute atomic E-state index is 0.0792. The van der Waals surface area contributed by atoms with E-state index in [2.05, 4.69) is 0 Å². The molecule has 3 rings (SSSR count). The molecule has 0 heterocycles. The van der Waals surface area contributed by atoms with Gasteiger partial charge >= 0.3 is 12.1 Å². The van der Waals surface area contributed by atoms with Crippen molar-refractivity contribution in [1.29, 1.82) is 0 Å². The smallest absolute Gasteiger partial charge is 0.416 e. The van der Waals surface area contributed by atoms with Gasteiger partial charge < -0.3 is 18.9 Å². The highest BCUT2D eigenvalue weighted by molar-refractivity contribution is 5.77. The summed E-state index contributed by atoms with van der Waals surface area (Å²) in [5.41, 5.74) is -0.400. The van der Waals surface area contributed by atoms with Crippen molar-refractivity contribution in [3.8, 4) is 17.2 Å². The van der Waals surface area contributed by atoms with Gasteiger partial charge in [0.15, 0.2) is 0 Å². The second-order valence-electron chi connectivity index (χ2n) is 7.31. The molecule has 0 fully saturated rings. The molecule has 3 aromatic carbocycles. The molecule has 0 N–H and O–H groups in total. The highest BCUT2D eigenvalue weighted by atomic mass is 19.4. The minimum atomic E-state index is -4.47. The fourth-order valence-electron chi connectivity index (χ4n) is 2.95. The Morgan fingerprint density at radius 3 is 1.91 bits per heavy atom. The van der Waals surface area contributed by atoms with Crippen LogP contribution < -0.4 is 14.2 Å². The van der Waals surface area contributed by atoms with Crippen molar-refractivity contribution < 1.29 is 41.3 Å². The summed E-state index contributed by atoms with van der Waals surface area (Å²) in [6.07, 6.45) is -5.98. The van der Waals surface area contributed by atoms with Gasteiger partial charge in [0.25, 0.3) is 0 Å². The fourth-order valence-corrected chi connectivity index (χ4v) is 2.95. The number of methoxy groups -OCH3 is 1. The summed E-state index contributed by atoms with van der Waals surface area (Å²) in [5, 5.41) is 0. The molecule has 0 aliphatic rings. The quantitative estimate of drug-likeness (QED) is 0.280. The average molecular weight is 478 g/mol. The molecule has 0 aliphatic carbocycles. The van der Waals surface area contributed by atoms with Gasteiger partial charge in [0.1, 0.15) is 35.8 Å². The molecule has 0 amide bonds. The van der Waals surface area contributed by atoms with Crippen LogP contribution in [-0.4, -0.2) is 25.8 Å². The van der Waals surface area contributed by atoms with Crippen LogP contribution in [0.15, 0.2) is 72.8 Å². The number of hydrogen-bond donors (Lipinski definition) is 0. The van der Waals surface area contributed by atoms with E-state index in [4.69, 9.17) is 18.9 Å². The number of alkyl halides is 3. The van der Waals surface area contributed by atoms with Crippen LogP contribution in [0, 0.1) is 5.82 Å². The number of carbonyl (C=O) groups excluding carboxylic acids is 1. The molecule has 0 spiro atoms. The van der Waals surface area contributed by atoms with Crippen LogP contribution >= 0.6 is 0 Å². The Morgan fingerprint density at radius 2 is 1.35 bits per heavy atom. The fraction of sp³-hybridized carbons (Fsp3) is 0.240. The minimum Gasteiger partial charge on any atom is -0.490 e. The molecule has 9 heteroatoms. The third-order valence-corrected chi connectivity index (χ3v) is 4.67. The highest BCUT2D eigenvalue weighted by Crippen LogP contribution is 2.32. The van der Waals surface area contributed by atoms with Crippen molar-refractivity contribution in [3.63, 3.8) is 0 Å². The lowest BCUT2D eigenvalue weighted by Crippen LogP contribution is -2.21. The number of halogens is 4. The van der Waals surface area contributed by atoms with Crippen LogP contribution in [-0.2, 0) is 15.7 Å². The Labute approximate surface area is 193 Å². The van der Waals surface area contributed by atoms with E-state index in [-0.39, 0.29) is 24.3 Å². The van der Waals surface area contributed by atoms with Crippen molar-refractivity contribution in [2.24, 2.45) is 0 Å². The summed E-state index contributed by atoms with van der Waals surface area (Å²) in [6.45, 7) is 2.00. The van der Waals surface area contributed by atoms with Gasteiger partial charge in [0.05, 0.1) is 12.7 Å². The van der Waals surface area contributed by atoms with Crippen molar-refractivity contribution in [2.75, 3.05) is 13.7 Å². The molecule has 34 heavy (non-hydrogen) atoms. The van der Waals surface area contributed by atoms with E-state index in [9.17, 15) is 22.4 Å². The lowest BCUT2D eigenvalue weighted by Gasteiger charge is -2.19. The van der Waals surface area contributed by atoms with Gasteiger partial charge in [-0.05, 0) is 67.6 Å². The molecule has 0 aromatic heterocycles. The Balaban J connectivity index is 1.62. The van der Waals surface area contributed by atoms with E-state index in [0.29, 0.717) is 17.1 Å². The maximum atomic E-state index is 13.0. The molecule has 0 saturated carbocycles. The Bertz CT molecular complexity index is 1060. The first kappa shape index (κ1) is 24.9. The van der Waals surface area contributed by atoms with E-state index in [1.165, 1.54) is 31.4 Å². The van der Waals surface area contributed by atoms with Crippen LogP contribution in [0.2, 0.25) is 0 Å². The molecule has 0 saturated heterocycles. The first-order valence-corrected chi connectivity index (χ1v) is 10.2. The molecular weight excluding hydrogens is 456 g/mol. The number of ether oxygens (including phenoxy) is 4. The summed E-state index contributed by atoms with van der Waals surface area (Å²) < 4.78 is 73.0. The average Bonchev–Trinajstić information content (AvgIpc) is 2.82. The summed E-state index contributed by atoms with van der Waals surface area (Å²) >= 11 is 0. The van der Waals surface area contributed by atoms with Crippen LogP contribution in [0.3, 0.4) is 0 Å². The monoisotopic (exact) mass is 478 g/mol. The molecule has 0 bridgehead atoms. The number of esters is 1. The predicted molar refractivity (Wildman–Crippen MR) is 115 cm³/mol. The maximum Gasteiger partial charge on any atom is 0.416 e. The third kappa shape index (κ3) is 6.87. The highest BCUT2D eigenvalue weighted by Gasteiger charge is 2.30. The molecule has 3 aromatic rings. The second kappa shape index (κ2) is 10.9. The predicted octanol–water partition coefficient (Wildman–Crippen LogP) is 5.98. The van der Waals surface area contributed by atoms with Gasteiger partial charge in [-0.15, -0.1) is 0 Å².